The minimum Gasteiger partial charge on any atom is -0.324 e. The molecule has 3 N–H and O–H groups in total. The third kappa shape index (κ3) is 4.53. The lowest BCUT2D eigenvalue weighted by Crippen LogP contribution is -2.45. The highest BCUT2D eigenvalue weighted by Gasteiger charge is 2.27. The molecular formula is C10H14BrN3O4S. The van der Waals surface area contributed by atoms with Gasteiger partial charge >= 0.3 is 0 Å². The number of sulfonamides is 1. The van der Waals surface area contributed by atoms with E-state index in [9.17, 15) is 18.5 Å². The molecule has 0 spiro atoms. The third-order valence-corrected chi connectivity index (χ3v) is 4.05. The van der Waals surface area contributed by atoms with Gasteiger partial charge in [0.15, 0.2) is 4.90 Å². The van der Waals surface area contributed by atoms with Gasteiger partial charge in [0.05, 0.1) is 4.92 Å². The lowest BCUT2D eigenvalue weighted by atomic mass is 10.1. The summed E-state index contributed by atoms with van der Waals surface area (Å²) in [6.45, 7) is 3.26. The fourth-order valence-corrected chi connectivity index (χ4v) is 3.14. The molecule has 0 atom stereocenters. The van der Waals surface area contributed by atoms with Crippen molar-refractivity contribution in [1.82, 2.24) is 4.72 Å². The quantitative estimate of drug-likeness (QED) is 0.613. The molecule has 0 saturated carbocycles. The fourth-order valence-electron chi connectivity index (χ4n) is 1.21. The molecule has 0 radical (unpaired) electrons. The SMILES string of the molecule is CC(C)(N)CNS(=O)(=O)c1cc(Br)ccc1[N+](=O)[O-]. The third-order valence-electron chi connectivity index (χ3n) is 2.13. The second kappa shape index (κ2) is 5.53. The summed E-state index contributed by atoms with van der Waals surface area (Å²) in [6.07, 6.45) is 0. The van der Waals surface area contributed by atoms with E-state index in [1.165, 1.54) is 12.1 Å². The minimum absolute atomic E-state index is 0.0288. The first kappa shape index (κ1) is 16.0. The molecule has 7 nitrogen and oxygen atoms in total. The van der Waals surface area contributed by atoms with Gasteiger partial charge in [-0.15, -0.1) is 0 Å². The number of hydrogen-bond donors (Lipinski definition) is 2. The highest BCUT2D eigenvalue weighted by molar-refractivity contribution is 9.10. The summed E-state index contributed by atoms with van der Waals surface area (Å²) in [6, 6.07) is 3.72. The largest absolute Gasteiger partial charge is 0.324 e. The molecule has 0 saturated heterocycles. The van der Waals surface area contributed by atoms with E-state index in [0.717, 1.165) is 6.07 Å². The van der Waals surface area contributed by atoms with Gasteiger partial charge in [-0.3, -0.25) is 10.1 Å². The zero-order chi connectivity index (χ0) is 14.8. The molecule has 0 heterocycles. The first-order valence-electron chi connectivity index (χ1n) is 5.25. The number of nitrogens with two attached hydrogens (primary N) is 1. The van der Waals surface area contributed by atoms with Crippen molar-refractivity contribution in [2.24, 2.45) is 5.73 Å². The van der Waals surface area contributed by atoms with Crippen molar-refractivity contribution in [1.29, 1.82) is 0 Å². The molecule has 0 amide bonds. The summed E-state index contributed by atoms with van der Waals surface area (Å²) in [5, 5.41) is 10.9. The molecule has 0 bridgehead atoms. The Morgan fingerprint density at radius 3 is 2.53 bits per heavy atom. The average molecular weight is 352 g/mol. The molecule has 1 aromatic carbocycles. The normalized spacial score (nSPS) is 12.4. The second-order valence-corrected chi connectivity index (χ2v) is 7.33. The van der Waals surface area contributed by atoms with Gasteiger partial charge in [0.1, 0.15) is 0 Å². The standard InChI is InChI=1S/C10H14BrN3O4S/c1-10(2,12)6-13-19(17,18)9-5-7(11)3-4-8(9)14(15)16/h3-5,13H,6,12H2,1-2H3. The summed E-state index contributed by atoms with van der Waals surface area (Å²) < 4.78 is 26.8. The zero-order valence-corrected chi connectivity index (χ0v) is 12.8. The summed E-state index contributed by atoms with van der Waals surface area (Å²) >= 11 is 3.09. The van der Waals surface area contributed by atoms with Crippen molar-refractivity contribution in [3.8, 4) is 0 Å². The fraction of sp³-hybridized carbons (Fsp3) is 0.400. The molecule has 0 aromatic heterocycles. The Hall–Kier alpha value is -1.03. The predicted molar refractivity (Wildman–Crippen MR) is 74.3 cm³/mol. The lowest BCUT2D eigenvalue weighted by molar-refractivity contribution is -0.387. The van der Waals surface area contributed by atoms with Crippen LogP contribution in [0.5, 0.6) is 0 Å². The monoisotopic (exact) mass is 351 g/mol. The van der Waals surface area contributed by atoms with E-state index in [0.29, 0.717) is 4.47 Å². The maximum atomic E-state index is 12.1. The van der Waals surface area contributed by atoms with Crippen molar-refractivity contribution in [2.45, 2.75) is 24.3 Å². The molecule has 0 aliphatic heterocycles. The van der Waals surface area contributed by atoms with Crippen LogP contribution in [-0.4, -0.2) is 25.4 Å². The number of halogens is 1. The molecule has 0 aliphatic carbocycles. The molecule has 19 heavy (non-hydrogen) atoms. The van der Waals surface area contributed by atoms with Crippen molar-refractivity contribution >= 4 is 31.6 Å². The van der Waals surface area contributed by atoms with Crippen molar-refractivity contribution in [3.63, 3.8) is 0 Å². The molecule has 0 aliphatic rings. The van der Waals surface area contributed by atoms with Crippen molar-refractivity contribution < 1.29 is 13.3 Å². The summed E-state index contributed by atoms with van der Waals surface area (Å²) in [5.41, 5.74) is 4.44. The van der Waals surface area contributed by atoms with Gasteiger partial charge in [-0.25, -0.2) is 13.1 Å². The van der Waals surface area contributed by atoms with Crippen LogP contribution in [0.15, 0.2) is 27.6 Å². The Morgan fingerprint density at radius 1 is 1.47 bits per heavy atom. The number of nitrogens with one attached hydrogen (secondary N) is 1. The first-order chi connectivity index (χ1) is 8.53. The highest BCUT2D eigenvalue weighted by atomic mass is 79.9. The smallest absolute Gasteiger partial charge is 0.289 e. The van der Waals surface area contributed by atoms with E-state index in [1.54, 1.807) is 13.8 Å². The number of benzene rings is 1. The van der Waals surface area contributed by atoms with Crippen LogP contribution in [-0.2, 0) is 10.0 Å². The van der Waals surface area contributed by atoms with E-state index in [1.807, 2.05) is 0 Å². The van der Waals surface area contributed by atoms with E-state index in [4.69, 9.17) is 5.73 Å². The van der Waals surface area contributed by atoms with Gasteiger partial charge in [0.2, 0.25) is 10.0 Å². The number of nitro groups is 1. The second-order valence-electron chi connectivity index (χ2n) is 4.68. The average Bonchev–Trinajstić information content (AvgIpc) is 2.25. The van der Waals surface area contributed by atoms with E-state index in [-0.39, 0.29) is 6.54 Å². The highest BCUT2D eigenvalue weighted by Crippen LogP contribution is 2.27. The van der Waals surface area contributed by atoms with Gasteiger partial charge in [-0.1, -0.05) is 15.9 Å². The molecular weight excluding hydrogens is 338 g/mol. The van der Waals surface area contributed by atoms with Crippen LogP contribution in [0.1, 0.15) is 13.8 Å². The number of hydrogen-bond acceptors (Lipinski definition) is 5. The first-order valence-corrected chi connectivity index (χ1v) is 7.53. The maximum Gasteiger partial charge on any atom is 0.289 e. The summed E-state index contributed by atoms with van der Waals surface area (Å²) in [5.74, 6) is 0. The summed E-state index contributed by atoms with van der Waals surface area (Å²) in [4.78, 5) is 9.72. The van der Waals surface area contributed by atoms with Crippen LogP contribution in [0.25, 0.3) is 0 Å². The van der Waals surface area contributed by atoms with Gasteiger partial charge < -0.3 is 5.73 Å². The topological polar surface area (TPSA) is 115 Å². The van der Waals surface area contributed by atoms with Crippen LogP contribution in [0.4, 0.5) is 5.69 Å². The molecule has 0 unspecified atom stereocenters. The predicted octanol–water partition coefficient (Wildman–Crippen LogP) is 1.37. The Morgan fingerprint density at radius 2 is 2.05 bits per heavy atom. The number of rotatable bonds is 5. The van der Waals surface area contributed by atoms with Gasteiger partial charge in [0, 0.05) is 22.6 Å². The molecule has 9 heteroatoms. The number of nitro benzene ring substituents is 1. The molecule has 1 rings (SSSR count). The minimum atomic E-state index is -3.99. The summed E-state index contributed by atoms with van der Waals surface area (Å²) in [7, 11) is -3.99. The molecule has 1 aromatic rings. The number of nitrogens with zero attached hydrogens (tertiary/aromatic N) is 1. The molecule has 0 fully saturated rings. The van der Waals surface area contributed by atoms with Crippen molar-refractivity contribution in [3.05, 3.63) is 32.8 Å². The van der Waals surface area contributed by atoms with Gasteiger partial charge in [-0.05, 0) is 26.0 Å². The van der Waals surface area contributed by atoms with E-state index >= 15 is 0 Å². The maximum absolute atomic E-state index is 12.1. The lowest BCUT2D eigenvalue weighted by Gasteiger charge is -2.18. The van der Waals surface area contributed by atoms with Crippen LogP contribution >= 0.6 is 15.9 Å². The van der Waals surface area contributed by atoms with E-state index < -0.39 is 31.1 Å². The van der Waals surface area contributed by atoms with Crippen molar-refractivity contribution in [2.75, 3.05) is 6.54 Å². The van der Waals surface area contributed by atoms with Crippen LogP contribution in [0, 0.1) is 10.1 Å². The Bertz CT molecular complexity index is 595. The van der Waals surface area contributed by atoms with Crippen LogP contribution in [0.2, 0.25) is 0 Å². The van der Waals surface area contributed by atoms with Gasteiger partial charge in [0.25, 0.3) is 5.69 Å². The van der Waals surface area contributed by atoms with Crippen LogP contribution in [0.3, 0.4) is 0 Å². The van der Waals surface area contributed by atoms with Gasteiger partial charge in [-0.2, -0.15) is 0 Å². The Kier molecular flexibility index (Phi) is 4.67. The molecule has 106 valence electrons. The Balaban J connectivity index is 3.21. The van der Waals surface area contributed by atoms with Crippen LogP contribution < -0.4 is 10.5 Å². The van der Waals surface area contributed by atoms with E-state index in [2.05, 4.69) is 20.7 Å². The zero-order valence-electron chi connectivity index (χ0n) is 10.4. The Labute approximate surface area is 119 Å².